The van der Waals surface area contributed by atoms with Crippen molar-refractivity contribution in [2.75, 3.05) is 26.2 Å². The molecule has 1 N–H and O–H groups in total. The molecule has 8 aromatic rings. The van der Waals surface area contributed by atoms with Gasteiger partial charge in [0.25, 0.3) is 0 Å². The summed E-state index contributed by atoms with van der Waals surface area (Å²) >= 11 is 0. The van der Waals surface area contributed by atoms with Crippen LogP contribution < -0.4 is 14.8 Å². The number of piperidine rings is 2. The van der Waals surface area contributed by atoms with E-state index in [1.807, 2.05) is 90.8 Å². The monoisotopic (exact) mass is 892 g/mol. The van der Waals surface area contributed by atoms with Crippen molar-refractivity contribution in [3.8, 4) is 57.7 Å². The Morgan fingerprint density at radius 3 is 1.58 bits per heavy atom. The minimum absolute atomic E-state index is 0.0960. The van der Waals surface area contributed by atoms with E-state index in [4.69, 9.17) is 24.4 Å². The molecule has 67 heavy (non-hydrogen) atoms. The number of fused-ring (bicyclic) bond motifs is 2. The molecular formula is C51H48N12O4. The van der Waals surface area contributed by atoms with Crippen molar-refractivity contribution in [3.05, 3.63) is 133 Å². The molecule has 16 heteroatoms. The molecule has 0 spiro atoms. The van der Waals surface area contributed by atoms with E-state index in [9.17, 15) is 15.3 Å². The van der Waals surface area contributed by atoms with Gasteiger partial charge in [-0.1, -0.05) is 0 Å². The highest BCUT2D eigenvalue weighted by Gasteiger charge is 2.31. The van der Waals surface area contributed by atoms with Crippen molar-refractivity contribution in [1.29, 1.82) is 10.5 Å². The molecule has 2 aromatic carbocycles. The van der Waals surface area contributed by atoms with Crippen molar-refractivity contribution in [3.63, 3.8) is 0 Å². The van der Waals surface area contributed by atoms with Crippen LogP contribution in [0.15, 0.2) is 122 Å². The standard InChI is InChI=1S/C28H28N6O3.C23H20N6O/c1-28(2,3)37-27(35)33-14-4-5-21(18-33)34-26-20(15-29)16-31-17-24(26)25(32-34)19-6-8-22(9-7-19)36-23-10-12-30-13-11-23;24-12-17-13-27-15-21-22(28-29(23(17)21)18-2-1-9-26-14-18)16-3-5-19(6-4-16)30-20-7-10-25-11-8-20/h6-13,16-17,21H,4-5,14,18H2,1-3H3;3-8,10-11,13,15,18,26H,1-2,9,14H2/t21-;18-/m11/s1. The molecular weight excluding hydrogens is 845 g/mol. The molecule has 0 saturated carbocycles. The van der Waals surface area contributed by atoms with Crippen molar-refractivity contribution < 1.29 is 19.0 Å². The third-order valence-electron chi connectivity index (χ3n) is 11.5. The van der Waals surface area contributed by atoms with Gasteiger partial charge in [-0.3, -0.25) is 29.3 Å². The minimum Gasteiger partial charge on any atom is -0.457 e. The quantitative estimate of drug-likeness (QED) is 0.152. The van der Waals surface area contributed by atoms with Crippen LogP contribution in [0.3, 0.4) is 0 Å². The number of nitrogens with zero attached hydrogens (tertiary/aromatic N) is 11. The first-order valence-electron chi connectivity index (χ1n) is 22.2. The number of pyridine rings is 4. The lowest BCUT2D eigenvalue weighted by atomic mass is 10.0. The number of amides is 1. The topological polar surface area (TPSA) is 195 Å². The molecule has 0 bridgehead atoms. The molecule has 0 radical (unpaired) electrons. The maximum Gasteiger partial charge on any atom is 0.410 e. The largest absolute Gasteiger partial charge is 0.457 e. The number of benzene rings is 2. The molecule has 2 atom stereocenters. The van der Waals surface area contributed by atoms with Crippen LogP contribution in [-0.4, -0.2) is 82.3 Å². The predicted octanol–water partition coefficient (Wildman–Crippen LogP) is 9.81. The van der Waals surface area contributed by atoms with Gasteiger partial charge in [-0.05, 0) is 126 Å². The zero-order valence-electron chi connectivity index (χ0n) is 37.4. The van der Waals surface area contributed by atoms with Gasteiger partial charge < -0.3 is 24.4 Å². The van der Waals surface area contributed by atoms with Crippen molar-refractivity contribution in [1.82, 2.24) is 49.7 Å². The van der Waals surface area contributed by atoms with Crippen LogP contribution in [0.2, 0.25) is 0 Å². The van der Waals surface area contributed by atoms with Crippen LogP contribution in [0.5, 0.6) is 23.0 Å². The number of aromatic nitrogens is 8. The molecule has 0 aliphatic carbocycles. The Bertz CT molecular complexity index is 3080. The van der Waals surface area contributed by atoms with E-state index in [1.54, 1.807) is 66.6 Å². The summed E-state index contributed by atoms with van der Waals surface area (Å²) in [5, 5.41) is 34.5. The van der Waals surface area contributed by atoms with Gasteiger partial charge in [0, 0.05) is 91.1 Å². The molecule has 8 heterocycles. The van der Waals surface area contributed by atoms with Gasteiger partial charge in [0.05, 0.1) is 34.2 Å². The second-order valence-corrected chi connectivity index (χ2v) is 17.3. The van der Waals surface area contributed by atoms with Crippen LogP contribution in [0.4, 0.5) is 4.79 Å². The lowest BCUT2D eigenvalue weighted by Gasteiger charge is -2.34. The molecule has 0 unspecified atom stereocenters. The fourth-order valence-electron chi connectivity index (χ4n) is 8.42. The zero-order valence-corrected chi connectivity index (χ0v) is 37.4. The Hall–Kier alpha value is -8.21. The lowest BCUT2D eigenvalue weighted by molar-refractivity contribution is 0.0169. The summed E-state index contributed by atoms with van der Waals surface area (Å²) in [6.07, 6.45) is 16.9. The molecule has 16 nitrogen and oxygen atoms in total. The van der Waals surface area contributed by atoms with E-state index in [-0.39, 0.29) is 18.2 Å². The van der Waals surface area contributed by atoms with Crippen LogP contribution >= 0.6 is 0 Å². The fourth-order valence-corrected chi connectivity index (χ4v) is 8.42. The van der Waals surface area contributed by atoms with Gasteiger partial charge >= 0.3 is 6.09 Å². The molecule has 2 aliphatic rings. The average molecular weight is 893 g/mol. The Kier molecular flexibility index (Phi) is 12.8. The maximum atomic E-state index is 12.8. The third-order valence-corrected chi connectivity index (χ3v) is 11.5. The lowest BCUT2D eigenvalue weighted by Crippen LogP contribution is -2.43. The van der Waals surface area contributed by atoms with Gasteiger partial charge in [-0.25, -0.2) is 4.79 Å². The van der Waals surface area contributed by atoms with Crippen molar-refractivity contribution in [2.24, 2.45) is 0 Å². The highest BCUT2D eigenvalue weighted by atomic mass is 16.6. The van der Waals surface area contributed by atoms with Gasteiger partial charge in [-0.2, -0.15) is 20.7 Å². The highest BCUT2D eigenvalue weighted by molar-refractivity contribution is 5.96. The summed E-state index contributed by atoms with van der Waals surface area (Å²) in [6, 6.07) is 27.3. The Morgan fingerprint density at radius 2 is 1.12 bits per heavy atom. The summed E-state index contributed by atoms with van der Waals surface area (Å²) in [6.45, 7) is 8.54. The number of hydrogen-bond acceptors (Lipinski definition) is 13. The zero-order chi connectivity index (χ0) is 46.3. The smallest absolute Gasteiger partial charge is 0.410 e. The van der Waals surface area contributed by atoms with E-state index in [2.05, 4.69) is 37.4 Å². The molecule has 6 aromatic heterocycles. The Balaban J connectivity index is 0.000000171. The predicted molar refractivity (Wildman–Crippen MR) is 251 cm³/mol. The SMILES string of the molecule is CC(C)(C)OC(=O)N1CCC[C@@H](n2nc(-c3ccc(Oc4ccncc4)cc3)c3cncc(C#N)c32)C1.N#Cc1cncc2c(-c3ccc(Oc4ccncc4)cc3)nn([C@@H]3CCCNC3)c12. The first-order chi connectivity index (χ1) is 32.7. The fraction of sp³-hybridized carbons (Fsp3) is 0.275. The van der Waals surface area contributed by atoms with Crippen molar-refractivity contribution in [2.45, 2.75) is 64.1 Å². The number of nitrogens with one attached hydrogen (secondary N) is 1. The number of nitriles is 2. The molecule has 1 amide bonds. The summed E-state index contributed by atoms with van der Waals surface area (Å²) in [7, 11) is 0. The number of likely N-dealkylation sites (tertiary alicyclic amines) is 1. The molecule has 2 saturated heterocycles. The molecule has 2 fully saturated rings. The van der Waals surface area contributed by atoms with Gasteiger partial charge in [-0.15, -0.1) is 0 Å². The minimum atomic E-state index is -0.567. The number of carbonyl (C=O) groups excluding carboxylic acids is 1. The normalized spacial score (nSPS) is 16.0. The van der Waals surface area contributed by atoms with E-state index in [0.29, 0.717) is 35.7 Å². The van der Waals surface area contributed by atoms with Crippen LogP contribution in [0, 0.1) is 22.7 Å². The third kappa shape index (κ3) is 9.90. The molecule has 336 valence electrons. The maximum absolute atomic E-state index is 12.8. The highest BCUT2D eigenvalue weighted by Crippen LogP contribution is 2.36. The van der Waals surface area contributed by atoms with E-state index < -0.39 is 5.60 Å². The summed E-state index contributed by atoms with van der Waals surface area (Å²) < 4.78 is 21.3. The number of carbonyl (C=O) groups is 1. The number of rotatable bonds is 8. The second kappa shape index (κ2) is 19.5. The Labute approximate surface area is 387 Å². The van der Waals surface area contributed by atoms with Gasteiger partial charge in [0.15, 0.2) is 0 Å². The van der Waals surface area contributed by atoms with Gasteiger partial charge in [0.1, 0.15) is 52.1 Å². The first kappa shape index (κ1) is 44.0. The summed E-state index contributed by atoms with van der Waals surface area (Å²) in [5.41, 5.74) is 5.40. The van der Waals surface area contributed by atoms with E-state index in [1.165, 1.54) is 0 Å². The Morgan fingerprint density at radius 1 is 0.642 bits per heavy atom. The van der Waals surface area contributed by atoms with Crippen LogP contribution in [-0.2, 0) is 4.74 Å². The van der Waals surface area contributed by atoms with E-state index >= 15 is 0 Å². The summed E-state index contributed by atoms with van der Waals surface area (Å²) in [5.74, 6) is 2.86. The number of hydrogen-bond donors (Lipinski definition) is 1. The molecule has 2 aliphatic heterocycles. The van der Waals surface area contributed by atoms with Crippen molar-refractivity contribution >= 4 is 27.9 Å². The van der Waals surface area contributed by atoms with Crippen LogP contribution in [0.25, 0.3) is 44.3 Å². The van der Waals surface area contributed by atoms with E-state index in [0.717, 1.165) is 94.6 Å². The van der Waals surface area contributed by atoms with Crippen LogP contribution in [0.1, 0.15) is 69.7 Å². The molecule has 10 rings (SSSR count). The van der Waals surface area contributed by atoms with Gasteiger partial charge in [0.2, 0.25) is 0 Å². The summed E-state index contributed by atoms with van der Waals surface area (Å²) in [4.78, 5) is 31.1. The second-order valence-electron chi connectivity index (χ2n) is 17.3. The first-order valence-corrected chi connectivity index (χ1v) is 22.2. The average Bonchev–Trinajstić information content (AvgIpc) is 3.95. The number of ether oxygens (including phenoxy) is 3.